The van der Waals surface area contributed by atoms with Crippen molar-refractivity contribution in [1.82, 2.24) is 29.7 Å². The van der Waals surface area contributed by atoms with Gasteiger partial charge in [-0.2, -0.15) is 5.10 Å². The first kappa shape index (κ1) is 17.8. The monoisotopic (exact) mass is 403 g/mol. The van der Waals surface area contributed by atoms with Gasteiger partial charge in [-0.25, -0.2) is 19.6 Å². The van der Waals surface area contributed by atoms with Crippen LogP contribution in [0.1, 0.15) is 56.0 Å². The van der Waals surface area contributed by atoms with E-state index in [0.29, 0.717) is 24.8 Å². The maximum Gasteiger partial charge on any atom is 0.179 e. The number of hydrogen-bond donors (Lipinski definition) is 3. The number of aromatic amines is 1. The second kappa shape index (κ2) is 6.77. The molecule has 2 aliphatic carbocycles. The number of nitrogens with zero attached hydrogens (tertiary/aromatic N) is 5. The molecule has 0 unspecified atom stereocenters. The van der Waals surface area contributed by atoms with Crippen LogP contribution >= 0.6 is 0 Å². The van der Waals surface area contributed by atoms with E-state index in [0.717, 1.165) is 59.4 Å². The Kier molecular flexibility index (Phi) is 4.02. The Bertz CT molecular complexity index is 1180. The second-order valence-electron chi connectivity index (χ2n) is 8.73. The van der Waals surface area contributed by atoms with Crippen LogP contribution in [0.2, 0.25) is 0 Å². The second-order valence-corrected chi connectivity index (χ2v) is 8.73. The molecular formula is C22H25N7O. The number of nitrogens with one attached hydrogen (secondary N) is 2. The molecule has 4 aromatic rings. The summed E-state index contributed by atoms with van der Waals surface area (Å²) in [5.74, 6) is 2.05. The maximum atomic E-state index is 10.9. The molecule has 0 atom stereocenters. The summed E-state index contributed by atoms with van der Waals surface area (Å²) in [6.45, 7) is 0.968. The number of rotatable bonds is 6. The molecule has 2 fully saturated rings. The Labute approximate surface area is 173 Å². The number of H-pyrrole nitrogens is 1. The Hall–Kier alpha value is -3.00. The van der Waals surface area contributed by atoms with Gasteiger partial charge in [0.05, 0.1) is 35.4 Å². The van der Waals surface area contributed by atoms with Gasteiger partial charge in [0, 0.05) is 12.1 Å². The Morgan fingerprint density at radius 3 is 2.80 bits per heavy atom. The van der Waals surface area contributed by atoms with E-state index in [2.05, 4.69) is 15.3 Å². The van der Waals surface area contributed by atoms with Gasteiger partial charge in [-0.3, -0.25) is 0 Å². The van der Waals surface area contributed by atoms with Gasteiger partial charge in [0.25, 0.3) is 0 Å². The number of hydrogen-bond acceptors (Lipinski definition) is 6. The van der Waals surface area contributed by atoms with Crippen molar-refractivity contribution in [3.63, 3.8) is 0 Å². The van der Waals surface area contributed by atoms with Crippen molar-refractivity contribution in [3.05, 3.63) is 42.0 Å². The number of aliphatic hydroxyl groups is 1. The zero-order chi connectivity index (χ0) is 20.1. The summed E-state index contributed by atoms with van der Waals surface area (Å²) >= 11 is 0. The van der Waals surface area contributed by atoms with Gasteiger partial charge >= 0.3 is 0 Å². The molecule has 8 heteroatoms. The van der Waals surface area contributed by atoms with Crippen molar-refractivity contribution in [3.8, 4) is 0 Å². The lowest BCUT2D eigenvalue weighted by atomic mass is 10.0. The molecule has 3 aromatic heterocycles. The largest absolute Gasteiger partial charge is 0.388 e. The summed E-state index contributed by atoms with van der Waals surface area (Å²) in [6, 6.07) is 7.99. The van der Waals surface area contributed by atoms with Crippen molar-refractivity contribution in [2.75, 3.05) is 5.32 Å². The molecule has 0 spiro atoms. The average Bonchev–Trinajstić information content (AvgIpc) is 3.25. The van der Waals surface area contributed by atoms with E-state index in [-0.39, 0.29) is 0 Å². The zero-order valence-corrected chi connectivity index (χ0v) is 16.8. The molecule has 0 amide bonds. The van der Waals surface area contributed by atoms with E-state index in [4.69, 9.17) is 15.1 Å². The Balaban J connectivity index is 1.33. The van der Waals surface area contributed by atoms with Crippen LogP contribution in [-0.4, -0.2) is 40.4 Å². The third-order valence-corrected chi connectivity index (χ3v) is 6.30. The van der Waals surface area contributed by atoms with Crippen LogP contribution < -0.4 is 5.32 Å². The van der Waals surface area contributed by atoms with E-state index >= 15 is 0 Å². The fourth-order valence-corrected chi connectivity index (χ4v) is 4.49. The summed E-state index contributed by atoms with van der Waals surface area (Å²) < 4.78 is 1.85. The predicted octanol–water partition coefficient (Wildman–Crippen LogP) is 3.50. The highest BCUT2D eigenvalue weighted by Crippen LogP contribution is 2.39. The van der Waals surface area contributed by atoms with Crippen LogP contribution in [0.15, 0.2) is 30.5 Å². The van der Waals surface area contributed by atoms with Gasteiger partial charge in [-0.1, -0.05) is 25.0 Å². The minimum atomic E-state index is -0.702. The molecule has 3 N–H and O–H groups in total. The van der Waals surface area contributed by atoms with Crippen LogP contribution in [0.25, 0.3) is 22.2 Å². The predicted molar refractivity (Wildman–Crippen MR) is 114 cm³/mol. The van der Waals surface area contributed by atoms with E-state index in [9.17, 15) is 5.11 Å². The number of imidazole rings is 1. The molecule has 3 heterocycles. The van der Waals surface area contributed by atoms with Crippen molar-refractivity contribution in [2.24, 2.45) is 0 Å². The Morgan fingerprint density at radius 2 is 2.00 bits per heavy atom. The summed E-state index contributed by atoms with van der Waals surface area (Å²) in [7, 11) is 0. The van der Waals surface area contributed by atoms with Crippen LogP contribution in [-0.2, 0) is 13.1 Å². The lowest BCUT2D eigenvalue weighted by Gasteiger charge is -2.21. The molecule has 30 heavy (non-hydrogen) atoms. The maximum absolute atomic E-state index is 10.9. The minimum Gasteiger partial charge on any atom is -0.388 e. The number of para-hydroxylation sites is 2. The van der Waals surface area contributed by atoms with Gasteiger partial charge in [-0.15, -0.1) is 0 Å². The average molecular weight is 403 g/mol. The molecule has 0 bridgehead atoms. The highest BCUT2D eigenvalue weighted by molar-refractivity contribution is 5.83. The lowest BCUT2D eigenvalue weighted by Crippen LogP contribution is -2.31. The van der Waals surface area contributed by atoms with Crippen LogP contribution in [0.5, 0.6) is 0 Å². The third kappa shape index (κ3) is 3.21. The number of benzene rings is 1. The molecule has 6 rings (SSSR count). The van der Waals surface area contributed by atoms with Crippen LogP contribution in [0.3, 0.4) is 0 Å². The third-order valence-electron chi connectivity index (χ3n) is 6.30. The van der Waals surface area contributed by atoms with Crippen molar-refractivity contribution in [1.29, 1.82) is 0 Å². The van der Waals surface area contributed by atoms with Crippen molar-refractivity contribution in [2.45, 2.75) is 63.1 Å². The highest BCUT2D eigenvalue weighted by Gasteiger charge is 2.33. The minimum absolute atomic E-state index is 0.457. The van der Waals surface area contributed by atoms with Crippen molar-refractivity contribution < 1.29 is 5.11 Å². The van der Waals surface area contributed by atoms with E-state index in [1.807, 2.05) is 35.1 Å². The summed E-state index contributed by atoms with van der Waals surface area (Å²) in [5.41, 5.74) is 3.80. The standard InChI is InChI=1S/C22H25N7O/c30-22(9-3-4-10-22)13-29-21-19(23-11-17(27-21)14-7-8-14)20(28-29)24-12-18-25-15-5-1-2-6-16(15)26-18/h1-2,5-6,11,14,30H,3-4,7-10,12-13H2,(H,24,28)(H,25,26). The lowest BCUT2D eigenvalue weighted by molar-refractivity contribution is 0.0277. The number of fused-ring (bicyclic) bond motifs is 2. The molecule has 154 valence electrons. The van der Waals surface area contributed by atoms with Gasteiger partial charge < -0.3 is 15.4 Å². The first-order valence-electron chi connectivity index (χ1n) is 10.8. The first-order valence-corrected chi connectivity index (χ1v) is 10.8. The smallest absolute Gasteiger partial charge is 0.179 e. The number of anilines is 1. The summed E-state index contributed by atoms with van der Waals surface area (Å²) in [4.78, 5) is 17.5. The van der Waals surface area contributed by atoms with Crippen LogP contribution in [0, 0.1) is 0 Å². The molecular weight excluding hydrogens is 378 g/mol. The van der Waals surface area contributed by atoms with Crippen molar-refractivity contribution >= 4 is 28.0 Å². The van der Waals surface area contributed by atoms with E-state index in [1.165, 1.54) is 12.8 Å². The quantitative estimate of drug-likeness (QED) is 0.455. The summed E-state index contributed by atoms with van der Waals surface area (Å²) in [6.07, 6.45) is 7.98. The van der Waals surface area contributed by atoms with E-state index in [1.54, 1.807) is 0 Å². The molecule has 2 aliphatic rings. The Morgan fingerprint density at radius 1 is 1.17 bits per heavy atom. The molecule has 8 nitrogen and oxygen atoms in total. The topological polar surface area (TPSA) is 105 Å². The highest BCUT2D eigenvalue weighted by atomic mass is 16.3. The molecule has 1 aromatic carbocycles. The normalized spacial score (nSPS) is 18.4. The van der Waals surface area contributed by atoms with E-state index < -0.39 is 5.60 Å². The number of aromatic nitrogens is 6. The molecule has 0 saturated heterocycles. The van der Waals surface area contributed by atoms with Gasteiger partial charge in [0.2, 0.25) is 0 Å². The summed E-state index contributed by atoms with van der Waals surface area (Å²) in [5, 5.41) is 19.1. The van der Waals surface area contributed by atoms with Gasteiger partial charge in [0.1, 0.15) is 5.82 Å². The first-order chi connectivity index (χ1) is 14.7. The molecule has 0 aliphatic heterocycles. The van der Waals surface area contributed by atoms with Gasteiger partial charge in [-0.05, 0) is 37.8 Å². The molecule has 0 radical (unpaired) electrons. The molecule has 2 saturated carbocycles. The fraction of sp³-hybridized carbons (Fsp3) is 0.455. The van der Waals surface area contributed by atoms with Gasteiger partial charge in [0.15, 0.2) is 17.0 Å². The van der Waals surface area contributed by atoms with Crippen LogP contribution in [0.4, 0.5) is 5.82 Å². The zero-order valence-electron chi connectivity index (χ0n) is 16.8. The SMILES string of the molecule is OC1(Cn2nc(NCc3nc4ccccc4[nH]3)c3ncc(C4CC4)nc32)CCCC1. The fourth-order valence-electron chi connectivity index (χ4n) is 4.49.